The van der Waals surface area contributed by atoms with Crippen molar-refractivity contribution in [3.8, 4) is 5.75 Å². The van der Waals surface area contributed by atoms with Crippen molar-refractivity contribution in [2.24, 2.45) is 12.9 Å². The molecule has 0 radical (unpaired) electrons. The molecule has 2 aromatic heterocycles. The van der Waals surface area contributed by atoms with E-state index in [-0.39, 0.29) is 6.04 Å². The lowest BCUT2D eigenvalue weighted by Crippen LogP contribution is -2.30. The first-order valence-corrected chi connectivity index (χ1v) is 6.63. The number of hydrogen-bond donors (Lipinski definition) is 2. The first kappa shape index (κ1) is 13.1. The van der Waals surface area contributed by atoms with E-state index < -0.39 is 0 Å². The van der Waals surface area contributed by atoms with Crippen molar-refractivity contribution in [3.05, 3.63) is 33.8 Å². The molecule has 0 saturated heterocycles. The Morgan fingerprint density at radius 2 is 2.33 bits per heavy atom. The second-order valence-electron chi connectivity index (χ2n) is 3.98. The summed E-state index contributed by atoms with van der Waals surface area (Å²) in [6.45, 7) is 2.14. The van der Waals surface area contributed by atoms with Gasteiger partial charge in [0.15, 0.2) is 5.75 Å². The van der Waals surface area contributed by atoms with Gasteiger partial charge >= 0.3 is 0 Å². The van der Waals surface area contributed by atoms with Crippen LogP contribution >= 0.6 is 11.3 Å². The van der Waals surface area contributed by atoms with Crippen molar-refractivity contribution in [2.75, 3.05) is 7.11 Å². The molecular weight excluding hydrogens is 248 g/mol. The fraction of sp³-hybridized carbons (Fsp3) is 0.417. The highest BCUT2D eigenvalue weighted by Crippen LogP contribution is 2.32. The molecule has 0 aliphatic heterocycles. The highest BCUT2D eigenvalue weighted by atomic mass is 32.1. The van der Waals surface area contributed by atoms with E-state index in [9.17, 15) is 0 Å². The highest BCUT2D eigenvalue weighted by molar-refractivity contribution is 7.12. The predicted molar refractivity (Wildman–Crippen MR) is 72.6 cm³/mol. The van der Waals surface area contributed by atoms with E-state index in [4.69, 9.17) is 10.6 Å². The van der Waals surface area contributed by atoms with E-state index in [2.05, 4.69) is 29.6 Å². The summed E-state index contributed by atoms with van der Waals surface area (Å²) >= 11 is 1.75. The summed E-state index contributed by atoms with van der Waals surface area (Å²) in [6.07, 6.45) is 2.73. The van der Waals surface area contributed by atoms with Gasteiger partial charge in [0.2, 0.25) is 0 Å². The number of ether oxygens (including phenoxy) is 1. The van der Waals surface area contributed by atoms with E-state index in [1.807, 2.05) is 7.05 Å². The number of aromatic nitrogens is 2. The molecule has 98 valence electrons. The molecule has 2 heterocycles. The number of hydrogen-bond acceptors (Lipinski definition) is 5. The van der Waals surface area contributed by atoms with E-state index in [1.54, 1.807) is 29.3 Å². The third-order valence-corrected chi connectivity index (χ3v) is 4.22. The third-order valence-electron chi connectivity index (χ3n) is 2.92. The Morgan fingerprint density at radius 3 is 2.89 bits per heavy atom. The summed E-state index contributed by atoms with van der Waals surface area (Å²) in [5.41, 5.74) is 3.78. The summed E-state index contributed by atoms with van der Waals surface area (Å²) in [5, 5.41) is 4.21. The first-order chi connectivity index (χ1) is 8.71. The molecule has 18 heavy (non-hydrogen) atoms. The smallest absolute Gasteiger partial charge is 0.162 e. The number of rotatable bonds is 5. The molecule has 6 heteroatoms. The summed E-state index contributed by atoms with van der Waals surface area (Å²) < 4.78 is 7.12. The maximum Gasteiger partial charge on any atom is 0.162 e. The number of nitrogens with zero attached hydrogens (tertiary/aromatic N) is 2. The molecule has 1 unspecified atom stereocenters. The summed E-state index contributed by atoms with van der Waals surface area (Å²) in [7, 11) is 3.52. The minimum absolute atomic E-state index is 0.0993. The van der Waals surface area contributed by atoms with Gasteiger partial charge in [-0.2, -0.15) is 5.10 Å². The second kappa shape index (κ2) is 5.51. The van der Waals surface area contributed by atoms with Crippen molar-refractivity contribution >= 4 is 11.3 Å². The first-order valence-electron chi connectivity index (χ1n) is 5.81. The topological polar surface area (TPSA) is 65.1 Å². The van der Waals surface area contributed by atoms with Crippen molar-refractivity contribution in [1.82, 2.24) is 15.2 Å². The van der Waals surface area contributed by atoms with Gasteiger partial charge in [0.1, 0.15) is 11.7 Å². The van der Waals surface area contributed by atoms with Crippen LogP contribution in [0.4, 0.5) is 0 Å². The molecule has 5 nitrogen and oxygen atoms in total. The molecule has 0 bridgehead atoms. The predicted octanol–water partition coefficient (Wildman–Crippen LogP) is 1.61. The van der Waals surface area contributed by atoms with Crippen molar-refractivity contribution < 1.29 is 4.74 Å². The maximum absolute atomic E-state index is 5.70. The molecule has 0 aliphatic rings. The van der Waals surface area contributed by atoms with Crippen LogP contribution in [0, 0.1) is 0 Å². The number of nitrogens with one attached hydrogen (secondary N) is 1. The van der Waals surface area contributed by atoms with Gasteiger partial charge in [0.05, 0.1) is 13.3 Å². The van der Waals surface area contributed by atoms with Crippen LogP contribution in [-0.4, -0.2) is 16.9 Å². The van der Waals surface area contributed by atoms with E-state index in [1.165, 1.54) is 4.88 Å². The van der Waals surface area contributed by atoms with Crippen molar-refractivity contribution in [2.45, 2.75) is 19.4 Å². The second-order valence-corrected chi connectivity index (χ2v) is 5.18. The molecule has 1 atom stereocenters. The Bertz CT molecular complexity index is 520. The lowest BCUT2D eigenvalue weighted by Gasteiger charge is -2.16. The summed E-state index contributed by atoms with van der Waals surface area (Å²) in [4.78, 5) is 2.50. The largest absolute Gasteiger partial charge is 0.493 e. The lowest BCUT2D eigenvalue weighted by molar-refractivity contribution is 0.401. The zero-order valence-electron chi connectivity index (χ0n) is 10.8. The quantitative estimate of drug-likeness (QED) is 0.637. The minimum Gasteiger partial charge on any atom is -0.493 e. The summed E-state index contributed by atoms with van der Waals surface area (Å²) in [6, 6.07) is 4.13. The van der Waals surface area contributed by atoms with Gasteiger partial charge in [-0.3, -0.25) is 10.5 Å². The highest BCUT2D eigenvalue weighted by Gasteiger charge is 2.22. The van der Waals surface area contributed by atoms with Gasteiger partial charge in [-0.25, -0.2) is 5.43 Å². The van der Waals surface area contributed by atoms with Crippen LogP contribution in [0.2, 0.25) is 0 Å². The zero-order chi connectivity index (χ0) is 13.1. The molecule has 3 N–H and O–H groups in total. The van der Waals surface area contributed by atoms with Crippen LogP contribution in [0.3, 0.4) is 0 Å². The minimum atomic E-state index is -0.0993. The van der Waals surface area contributed by atoms with Crippen molar-refractivity contribution in [3.63, 3.8) is 0 Å². The normalized spacial score (nSPS) is 12.7. The summed E-state index contributed by atoms with van der Waals surface area (Å²) in [5.74, 6) is 6.44. The van der Waals surface area contributed by atoms with Crippen LogP contribution < -0.4 is 16.0 Å². The number of aryl methyl sites for hydroxylation is 2. The standard InChI is InChI=1S/C12H18N4OS/c1-4-8-5-6-10(18-8)11(15-13)12-9(17-3)7-14-16(12)2/h5-7,11,15H,4,13H2,1-3H3. The van der Waals surface area contributed by atoms with Crippen LogP contribution in [0.5, 0.6) is 5.75 Å². The van der Waals surface area contributed by atoms with E-state index >= 15 is 0 Å². The number of nitrogens with two attached hydrogens (primary N) is 1. The van der Waals surface area contributed by atoms with Gasteiger partial charge < -0.3 is 4.74 Å². The van der Waals surface area contributed by atoms with Gasteiger partial charge in [-0.1, -0.05) is 6.92 Å². The molecule has 0 amide bonds. The van der Waals surface area contributed by atoms with E-state index in [0.29, 0.717) is 0 Å². The van der Waals surface area contributed by atoms with Gasteiger partial charge in [-0.05, 0) is 18.6 Å². The Labute approximate surface area is 111 Å². The molecular formula is C12H18N4OS. The molecule has 2 rings (SSSR count). The number of thiophene rings is 1. The number of methoxy groups -OCH3 is 1. The molecule has 0 aromatic carbocycles. The Morgan fingerprint density at radius 1 is 1.56 bits per heavy atom. The van der Waals surface area contributed by atoms with Crippen molar-refractivity contribution in [1.29, 1.82) is 0 Å². The van der Waals surface area contributed by atoms with E-state index in [0.717, 1.165) is 22.7 Å². The van der Waals surface area contributed by atoms with Crippen LogP contribution in [0.1, 0.15) is 28.4 Å². The van der Waals surface area contributed by atoms with Crippen LogP contribution in [0.25, 0.3) is 0 Å². The lowest BCUT2D eigenvalue weighted by atomic mass is 10.1. The Hall–Kier alpha value is -1.37. The Kier molecular flexibility index (Phi) is 4.00. The molecule has 0 saturated carbocycles. The molecule has 0 aliphatic carbocycles. The fourth-order valence-electron chi connectivity index (χ4n) is 1.95. The third kappa shape index (κ3) is 2.27. The average molecular weight is 266 g/mol. The number of hydrazine groups is 1. The maximum atomic E-state index is 5.70. The van der Waals surface area contributed by atoms with Crippen LogP contribution in [0.15, 0.2) is 18.3 Å². The van der Waals surface area contributed by atoms with Crippen LogP contribution in [-0.2, 0) is 13.5 Å². The molecule has 0 spiro atoms. The molecule has 2 aromatic rings. The SMILES string of the molecule is CCc1ccc(C(NN)c2c(OC)cnn2C)s1. The Balaban J connectivity index is 2.41. The average Bonchev–Trinajstić information content (AvgIpc) is 2.99. The van der Waals surface area contributed by atoms with Gasteiger partial charge in [-0.15, -0.1) is 11.3 Å². The van der Waals surface area contributed by atoms with Gasteiger partial charge in [0.25, 0.3) is 0 Å². The fourth-order valence-corrected chi connectivity index (χ4v) is 2.97. The monoisotopic (exact) mass is 266 g/mol. The zero-order valence-corrected chi connectivity index (χ0v) is 11.6. The molecule has 0 fully saturated rings. The van der Waals surface area contributed by atoms with Gasteiger partial charge in [0, 0.05) is 16.8 Å².